The number of sulfonamides is 1. The van der Waals surface area contributed by atoms with Gasteiger partial charge in [0.25, 0.3) is 10.0 Å². The van der Waals surface area contributed by atoms with E-state index >= 15 is 0 Å². The monoisotopic (exact) mass is 622 g/mol. The molecule has 0 aliphatic carbocycles. The van der Waals surface area contributed by atoms with Crippen LogP contribution in [0.2, 0.25) is 0 Å². The normalized spacial score (nSPS) is 13.7. The lowest BCUT2D eigenvalue weighted by atomic mass is 10.1. The van der Waals surface area contributed by atoms with Crippen LogP contribution in [0.4, 0.5) is 13.2 Å². The number of nitriles is 1. The van der Waals surface area contributed by atoms with Crippen molar-refractivity contribution >= 4 is 39.0 Å². The Bertz CT molecular complexity index is 1560. The maximum Gasteiger partial charge on any atom is 0.417 e. The average Bonchev–Trinajstić information content (AvgIpc) is 3.29. The quantitative estimate of drug-likeness (QED) is 0.240. The highest BCUT2D eigenvalue weighted by Gasteiger charge is 2.35. The van der Waals surface area contributed by atoms with Crippen LogP contribution in [-0.2, 0) is 20.8 Å². The first-order valence-electron chi connectivity index (χ1n) is 11.5. The van der Waals surface area contributed by atoms with Crippen molar-refractivity contribution < 1.29 is 45.0 Å². The van der Waals surface area contributed by atoms with Crippen LogP contribution in [-0.4, -0.2) is 64.9 Å². The number of alkyl halides is 3. The van der Waals surface area contributed by atoms with Crippen LogP contribution in [0, 0.1) is 11.3 Å². The van der Waals surface area contributed by atoms with Gasteiger partial charge in [-0.05, 0) is 49.8 Å². The number of likely N-dealkylation sites (N-methyl/N-ethyl adjacent to an activating group) is 1. The highest BCUT2D eigenvalue weighted by molar-refractivity contribution is 7.92. The molecule has 0 radical (unpaired) electrons. The van der Waals surface area contributed by atoms with Gasteiger partial charge in [0.15, 0.2) is 11.5 Å². The van der Waals surface area contributed by atoms with Crippen molar-refractivity contribution in [3.8, 4) is 23.3 Å². The summed E-state index contributed by atoms with van der Waals surface area (Å²) >= 11 is 0.859. The van der Waals surface area contributed by atoms with E-state index in [1.54, 1.807) is 12.1 Å². The van der Waals surface area contributed by atoms with Crippen molar-refractivity contribution in [2.75, 3.05) is 46.7 Å². The third-order valence-electron chi connectivity index (χ3n) is 5.12. The van der Waals surface area contributed by atoms with Gasteiger partial charge >= 0.3 is 13.8 Å². The minimum Gasteiger partial charge on any atom is -0.488 e. The largest absolute Gasteiger partial charge is 0.488 e. The van der Waals surface area contributed by atoms with Crippen LogP contribution in [0.1, 0.15) is 11.1 Å². The minimum atomic E-state index is -4.92. The summed E-state index contributed by atoms with van der Waals surface area (Å²) < 4.78 is 96.4. The third kappa shape index (κ3) is 8.31. The van der Waals surface area contributed by atoms with Gasteiger partial charge in [0.05, 0.1) is 17.2 Å². The lowest BCUT2D eigenvalue weighted by Gasteiger charge is -2.16. The van der Waals surface area contributed by atoms with Gasteiger partial charge in [0.2, 0.25) is 0 Å². The first kappa shape index (κ1) is 31.6. The van der Waals surface area contributed by atoms with Crippen LogP contribution < -0.4 is 24.5 Å². The van der Waals surface area contributed by atoms with Crippen LogP contribution in [0.5, 0.6) is 17.2 Å². The number of fused-ring (bicyclic) bond motifs is 1. The highest BCUT2D eigenvalue weighted by atomic mass is 32.2. The first-order chi connectivity index (χ1) is 18.6. The molecule has 3 aromatic rings. The molecule has 17 heteroatoms. The summed E-state index contributed by atoms with van der Waals surface area (Å²) in [6.07, 6.45) is -6.05. The van der Waals surface area contributed by atoms with E-state index in [9.17, 15) is 31.0 Å². The van der Waals surface area contributed by atoms with Gasteiger partial charge in [-0.15, -0.1) is 11.3 Å². The van der Waals surface area contributed by atoms with Gasteiger partial charge in [0.1, 0.15) is 29.5 Å². The SMILES string of the molecule is CN(C)CCOc1cc2cc(S(=O)(=O)NCP(=O)(O)Oc3ccc(C#N)c(C(F)(F)F)c3)sc2cc1OCCN. The molecule has 1 atom stereocenters. The molecule has 218 valence electrons. The molecule has 0 bridgehead atoms. The van der Waals surface area contributed by atoms with Crippen molar-refractivity contribution in [1.82, 2.24) is 9.62 Å². The van der Waals surface area contributed by atoms with E-state index < -0.39 is 47.0 Å². The number of halogens is 3. The summed E-state index contributed by atoms with van der Waals surface area (Å²) in [6.45, 7) is 1.39. The summed E-state index contributed by atoms with van der Waals surface area (Å²) in [4.78, 5) is 12.0. The molecule has 0 aliphatic rings. The van der Waals surface area contributed by atoms with Crippen LogP contribution in [0.25, 0.3) is 10.1 Å². The molecular weight excluding hydrogens is 596 g/mol. The van der Waals surface area contributed by atoms with E-state index in [1.165, 1.54) is 12.1 Å². The molecule has 4 N–H and O–H groups in total. The summed E-state index contributed by atoms with van der Waals surface area (Å²) in [6, 6.07) is 8.00. The number of nitrogens with zero attached hydrogens (tertiary/aromatic N) is 2. The second-order valence-corrected chi connectivity index (χ2v) is 13.4. The Kier molecular flexibility index (Phi) is 10.1. The molecule has 1 aromatic heterocycles. The summed E-state index contributed by atoms with van der Waals surface area (Å²) in [5.41, 5.74) is 3.45. The Balaban J connectivity index is 1.79. The van der Waals surface area contributed by atoms with Crippen molar-refractivity contribution in [3.63, 3.8) is 0 Å². The zero-order valence-electron chi connectivity index (χ0n) is 21.3. The van der Waals surface area contributed by atoms with Crippen LogP contribution in [0.3, 0.4) is 0 Å². The Labute approximate surface area is 232 Å². The number of hydrogen-bond donors (Lipinski definition) is 3. The van der Waals surface area contributed by atoms with E-state index in [4.69, 9.17) is 25.0 Å². The first-order valence-corrected chi connectivity index (χ1v) is 15.5. The summed E-state index contributed by atoms with van der Waals surface area (Å²) in [5.74, 6) is 0.0841. The lowest BCUT2D eigenvalue weighted by Crippen LogP contribution is -2.25. The molecule has 2 aromatic carbocycles. The molecule has 40 heavy (non-hydrogen) atoms. The summed E-state index contributed by atoms with van der Waals surface area (Å²) in [5, 5.41) is 9.38. The van der Waals surface area contributed by atoms with Gasteiger partial charge in [0, 0.05) is 23.9 Å². The smallest absolute Gasteiger partial charge is 0.417 e. The zero-order valence-corrected chi connectivity index (χ0v) is 23.8. The number of benzene rings is 2. The molecule has 0 fully saturated rings. The van der Waals surface area contributed by atoms with E-state index in [1.807, 2.05) is 23.7 Å². The molecular formula is C23H26F3N4O7PS2. The number of rotatable bonds is 13. The van der Waals surface area contributed by atoms with E-state index in [-0.39, 0.29) is 17.4 Å². The molecule has 0 aliphatic heterocycles. The molecule has 0 saturated heterocycles. The fourth-order valence-corrected chi connectivity index (χ4v) is 7.19. The van der Waals surface area contributed by atoms with Gasteiger partial charge in [-0.3, -0.25) is 0 Å². The van der Waals surface area contributed by atoms with Gasteiger partial charge in [-0.2, -0.15) is 23.2 Å². The number of hydrogen-bond acceptors (Lipinski definition) is 10. The standard InChI is InChI=1S/C23H26F3N4O7PS2/c1-30(2)6-8-36-19-9-16-10-22(39-21(16)12-20(19)35-7-5-27)40(33,34)29-14-38(31,32)37-17-4-3-15(13-28)18(11-17)23(24,25)26/h3-4,9-12,29H,5-8,14,27H2,1-2H3,(H,31,32). The Morgan fingerprint density at radius 3 is 2.45 bits per heavy atom. The molecule has 0 spiro atoms. The average molecular weight is 623 g/mol. The number of thiophene rings is 1. The maximum absolute atomic E-state index is 13.2. The lowest BCUT2D eigenvalue weighted by molar-refractivity contribution is -0.137. The predicted octanol–water partition coefficient (Wildman–Crippen LogP) is 3.57. The van der Waals surface area contributed by atoms with Crippen molar-refractivity contribution in [2.45, 2.75) is 10.4 Å². The zero-order chi connectivity index (χ0) is 29.7. The molecule has 1 unspecified atom stereocenters. The van der Waals surface area contributed by atoms with E-state index in [2.05, 4.69) is 0 Å². The van der Waals surface area contributed by atoms with Crippen molar-refractivity contribution in [2.24, 2.45) is 5.73 Å². The number of ether oxygens (including phenoxy) is 2. The van der Waals surface area contributed by atoms with Crippen molar-refractivity contribution in [3.05, 3.63) is 47.5 Å². The fraction of sp³-hybridized carbons (Fsp3) is 0.348. The number of nitrogens with one attached hydrogen (secondary N) is 1. The topological polar surface area (TPSA) is 164 Å². The molecule has 0 amide bonds. The molecule has 0 saturated carbocycles. The van der Waals surface area contributed by atoms with E-state index in [0.717, 1.165) is 23.5 Å². The summed E-state index contributed by atoms with van der Waals surface area (Å²) in [7, 11) is -5.38. The molecule has 3 rings (SSSR count). The molecule has 1 heterocycles. The maximum atomic E-state index is 13.2. The van der Waals surface area contributed by atoms with Gasteiger partial charge in [-0.1, -0.05) is 0 Å². The Hall–Kier alpha value is -2.90. The Morgan fingerprint density at radius 2 is 1.82 bits per heavy atom. The van der Waals surface area contributed by atoms with Crippen molar-refractivity contribution in [1.29, 1.82) is 5.26 Å². The van der Waals surface area contributed by atoms with Crippen LogP contribution >= 0.6 is 18.9 Å². The van der Waals surface area contributed by atoms with Gasteiger partial charge < -0.3 is 29.5 Å². The second kappa shape index (κ2) is 12.7. The third-order valence-corrected chi connectivity index (χ3v) is 9.36. The van der Waals surface area contributed by atoms with E-state index in [0.29, 0.717) is 40.8 Å². The fourth-order valence-electron chi connectivity index (χ4n) is 3.23. The second-order valence-electron chi connectivity index (χ2n) is 8.54. The van der Waals surface area contributed by atoms with Crippen LogP contribution in [0.15, 0.2) is 40.6 Å². The number of nitrogens with two attached hydrogens (primary N) is 1. The minimum absolute atomic E-state index is 0.198. The molecule has 11 nitrogen and oxygen atoms in total. The highest BCUT2D eigenvalue weighted by Crippen LogP contribution is 2.44. The van der Waals surface area contributed by atoms with Gasteiger partial charge in [-0.25, -0.2) is 13.0 Å². The predicted molar refractivity (Wildman–Crippen MR) is 142 cm³/mol. The Morgan fingerprint density at radius 1 is 1.15 bits per heavy atom.